The molecular formula is C20H32N2O2. The van der Waals surface area contributed by atoms with Crippen LogP contribution in [-0.2, 0) is 4.79 Å². The van der Waals surface area contributed by atoms with E-state index in [0.29, 0.717) is 5.92 Å². The summed E-state index contributed by atoms with van der Waals surface area (Å²) in [6.45, 7) is 4.90. The molecule has 0 spiro atoms. The average Bonchev–Trinajstić information content (AvgIpc) is 2.64. The fourth-order valence-electron chi connectivity index (χ4n) is 3.45. The minimum Gasteiger partial charge on any atom is -0.497 e. The summed E-state index contributed by atoms with van der Waals surface area (Å²) in [5.41, 5.74) is 1.19. The molecule has 0 heterocycles. The van der Waals surface area contributed by atoms with Crippen LogP contribution in [0.5, 0.6) is 5.75 Å². The molecule has 0 aromatic heterocycles. The highest BCUT2D eigenvalue weighted by molar-refractivity contribution is 5.81. The zero-order valence-corrected chi connectivity index (χ0v) is 15.3. The van der Waals surface area contributed by atoms with Gasteiger partial charge in [0.1, 0.15) is 5.75 Å². The van der Waals surface area contributed by atoms with Gasteiger partial charge in [-0.3, -0.25) is 10.1 Å². The maximum absolute atomic E-state index is 12.4. The molecule has 1 aliphatic carbocycles. The number of rotatable bonds is 8. The molecule has 0 saturated heterocycles. The first-order valence-electron chi connectivity index (χ1n) is 9.31. The van der Waals surface area contributed by atoms with Crippen molar-refractivity contribution >= 4 is 5.91 Å². The number of amides is 1. The second kappa shape index (κ2) is 9.67. The van der Waals surface area contributed by atoms with Crippen LogP contribution in [0.3, 0.4) is 0 Å². The third-order valence-electron chi connectivity index (χ3n) is 5.06. The molecule has 0 radical (unpaired) electrons. The lowest BCUT2D eigenvalue weighted by Crippen LogP contribution is -2.45. The summed E-state index contributed by atoms with van der Waals surface area (Å²) in [5.74, 6) is 1.62. The highest BCUT2D eigenvalue weighted by atomic mass is 16.5. The maximum atomic E-state index is 12.4. The van der Waals surface area contributed by atoms with E-state index in [9.17, 15) is 4.79 Å². The molecule has 1 amide bonds. The Morgan fingerprint density at radius 1 is 1.21 bits per heavy atom. The van der Waals surface area contributed by atoms with Gasteiger partial charge in [0.25, 0.3) is 0 Å². The Morgan fingerprint density at radius 3 is 2.46 bits per heavy atom. The number of hydrogen-bond acceptors (Lipinski definition) is 3. The summed E-state index contributed by atoms with van der Waals surface area (Å²) >= 11 is 0. The van der Waals surface area contributed by atoms with Crippen LogP contribution in [0.15, 0.2) is 24.3 Å². The van der Waals surface area contributed by atoms with Crippen LogP contribution in [-0.4, -0.2) is 25.6 Å². The largest absolute Gasteiger partial charge is 0.497 e. The number of carbonyl (C=O) groups is 1. The molecule has 0 bridgehead atoms. The van der Waals surface area contributed by atoms with E-state index >= 15 is 0 Å². The summed E-state index contributed by atoms with van der Waals surface area (Å²) in [4.78, 5) is 12.4. The van der Waals surface area contributed by atoms with Crippen LogP contribution < -0.4 is 15.4 Å². The quantitative estimate of drug-likeness (QED) is 0.761. The van der Waals surface area contributed by atoms with Gasteiger partial charge in [0.15, 0.2) is 0 Å². The van der Waals surface area contributed by atoms with Crippen molar-refractivity contribution in [1.82, 2.24) is 10.6 Å². The van der Waals surface area contributed by atoms with E-state index in [1.807, 2.05) is 19.1 Å². The van der Waals surface area contributed by atoms with Gasteiger partial charge < -0.3 is 10.1 Å². The lowest BCUT2D eigenvalue weighted by atomic mass is 9.89. The van der Waals surface area contributed by atoms with Crippen LogP contribution >= 0.6 is 0 Å². The third-order valence-corrected chi connectivity index (χ3v) is 5.06. The van der Waals surface area contributed by atoms with Crippen LogP contribution in [0.25, 0.3) is 0 Å². The molecule has 1 aromatic rings. The number of hydrogen-bond donors (Lipinski definition) is 2. The van der Waals surface area contributed by atoms with Gasteiger partial charge in [0, 0.05) is 12.6 Å². The SMILES string of the molecule is CCC(NC(C)C(=O)NCC1CCCCC1)c1ccc(OC)cc1. The normalized spacial score (nSPS) is 18.0. The van der Waals surface area contributed by atoms with Gasteiger partial charge in [-0.1, -0.05) is 38.3 Å². The molecule has 2 unspecified atom stereocenters. The maximum Gasteiger partial charge on any atom is 0.236 e. The van der Waals surface area contributed by atoms with Crippen LogP contribution in [0.1, 0.15) is 64.0 Å². The molecule has 1 fully saturated rings. The van der Waals surface area contributed by atoms with Crippen molar-refractivity contribution in [3.63, 3.8) is 0 Å². The van der Waals surface area contributed by atoms with Crippen LogP contribution in [0, 0.1) is 5.92 Å². The van der Waals surface area contributed by atoms with Gasteiger partial charge in [-0.15, -0.1) is 0 Å². The molecule has 134 valence electrons. The molecule has 4 nitrogen and oxygen atoms in total. The molecule has 0 aliphatic heterocycles. The van der Waals surface area contributed by atoms with Crippen molar-refractivity contribution in [2.75, 3.05) is 13.7 Å². The number of ether oxygens (including phenoxy) is 1. The fourth-order valence-corrected chi connectivity index (χ4v) is 3.45. The first kappa shape index (κ1) is 18.8. The van der Waals surface area contributed by atoms with Gasteiger partial charge in [-0.25, -0.2) is 0 Å². The Kier molecular flexibility index (Phi) is 7.57. The first-order valence-corrected chi connectivity index (χ1v) is 9.31. The van der Waals surface area contributed by atoms with E-state index in [1.165, 1.54) is 37.7 Å². The zero-order valence-electron chi connectivity index (χ0n) is 15.3. The third kappa shape index (κ3) is 5.52. The minimum absolute atomic E-state index is 0.104. The van der Waals surface area contributed by atoms with Crippen molar-refractivity contribution in [1.29, 1.82) is 0 Å². The van der Waals surface area contributed by atoms with E-state index in [0.717, 1.165) is 18.7 Å². The summed E-state index contributed by atoms with van der Waals surface area (Å²) in [7, 11) is 1.67. The molecule has 24 heavy (non-hydrogen) atoms. The Labute approximate surface area is 146 Å². The van der Waals surface area contributed by atoms with E-state index in [1.54, 1.807) is 7.11 Å². The van der Waals surface area contributed by atoms with E-state index in [4.69, 9.17) is 4.74 Å². The smallest absolute Gasteiger partial charge is 0.236 e. The van der Waals surface area contributed by atoms with Gasteiger partial charge in [-0.2, -0.15) is 0 Å². The van der Waals surface area contributed by atoms with Crippen LogP contribution in [0.2, 0.25) is 0 Å². The number of carbonyl (C=O) groups excluding carboxylic acids is 1. The van der Waals surface area contributed by atoms with Gasteiger partial charge in [-0.05, 0) is 49.8 Å². The predicted octanol–water partition coefficient (Wildman–Crippen LogP) is 3.82. The Hall–Kier alpha value is -1.55. The summed E-state index contributed by atoms with van der Waals surface area (Å²) in [6.07, 6.45) is 7.42. The van der Waals surface area contributed by atoms with E-state index in [-0.39, 0.29) is 18.0 Å². The molecule has 1 saturated carbocycles. The molecular weight excluding hydrogens is 300 g/mol. The first-order chi connectivity index (χ1) is 11.6. The molecule has 4 heteroatoms. The van der Waals surface area contributed by atoms with Gasteiger partial charge >= 0.3 is 0 Å². The highest BCUT2D eigenvalue weighted by Gasteiger charge is 2.20. The summed E-state index contributed by atoms with van der Waals surface area (Å²) < 4.78 is 5.21. The highest BCUT2D eigenvalue weighted by Crippen LogP contribution is 2.23. The molecule has 2 atom stereocenters. The van der Waals surface area contributed by atoms with E-state index in [2.05, 4.69) is 29.7 Å². The second-order valence-corrected chi connectivity index (χ2v) is 6.87. The van der Waals surface area contributed by atoms with Gasteiger partial charge in [0.05, 0.1) is 13.2 Å². The Bertz CT molecular complexity index is 495. The molecule has 2 rings (SSSR count). The zero-order chi connectivity index (χ0) is 17.4. The monoisotopic (exact) mass is 332 g/mol. The number of nitrogens with one attached hydrogen (secondary N) is 2. The number of benzene rings is 1. The topological polar surface area (TPSA) is 50.4 Å². The van der Waals surface area contributed by atoms with Crippen molar-refractivity contribution in [2.24, 2.45) is 5.92 Å². The summed E-state index contributed by atoms with van der Waals surface area (Å²) in [5, 5.41) is 6.58. The fraction of sp³-hybridized carbons (Fsp3) is 0.650. The van der Waals surface area contributed by atoms with Crippen molar-refractivity contribution in [2.45, 2.75) is 64.5 Å². The molecule has 1 aromatic carbocycles. The van der Waals surface area contributed by atoms with Crippen molar-refractivity contribution < 1.29 is 9.53 Å². The standard InChI is InChI=1S/C20H32N2O2/c1-4-19(17-10-12-18(24-3)13-11-17)22-15(2)20(23)21-14-16-8-6-5-7-9-16/h10-13,15-16,19,22H,4-9,14H2,1-3H3,(H,21,23). The second-order valence-electron chi connectivity index (χ2n) is 6.87. The van der Waals surface area contributed by atoms with Crippen LogP contribution in [0.4, 0.5) is 0 Å². The van der Waals surface area contributed by atoms with Crippen molar-refractivity contribution in [3.8, 4) is 5.75 Å². The van der Waals surface area contributed by atoms with Crippen molar-refractivity contribution in [3.05, 3.63) is 29.8 Å². The van der Waals surface area contributed by atoms with E-state index < -0.39 is 0 Å². The molecule has 1 aliphatic rings. The lowest BCUT2D eigenvalue weighted by Gasteiger charge is -2.25. The Morgan fingerprint density at radius 2 is 1.88 bits per heavy atom. The van der Waals surface area contributed by atoms with Gasteiger partial charge in [0.2, 0.25) is 5.91 Å². The number of methoxy groups -OCH3 is 1. The average molecular weight is 332 g/mol. The minimum atomic E-state index is -0.194. The lowest BCUT2D eigenvalue weighted by molar-refractivity contribution is -0.123. The Balaban J connectivity index is 1.83. The predicted molar refractivity (Wildman–Crippen MR) is 98.2 cm³/mol. The summed E-state index contributed by atoms with van der Waals surface area (Å²) in [6, 6.07) is 8.03. The molecule has 2 N–H and O–H groups in total.